The van der Waals surface area contributed by atoms with Crippen molar-refractivity contribution in [3.63, 3.8) is 0 Å². The Morgan fingerprint density at radius 2 is 1.78 bits per heavy atom. The van der Waals surface area contributed by atoms with Crippen molar-refractivity contribution in [2.45, 2.75) is 45.3 Å². The van der Waals surface area contributed by atoms with E-state index < -0.39 is 31.1 Å². The molecule has 0 fully saturated rings. The van der Waals surface area contributed by atoms with E-state index in [-0.39, 0.29) is 12.0 Å². The van der Waals surface area contributed by atoms with Crippen molar-refractivity contribution in [3.8, 4) is 0 Å². The fourth-order valence-corrected chi connectivity index (χ4v) is 0.944. The number of oxime groups is 1. The van der Waals surface area contributed by atoms with Gasteiger partial charge in [-0.15, -0.1) is 0 Å². The van der Waals surface area contributed by atoms with Crippen LogP contribution in [-0.2, 0) is 4.84 Å². The first kappa shape index (κ1) is 17.2. The molecule has 0 saturated heterocycles. The van der Waals surface area contributed by atoms with Crippen molar-refractivity contribution in [1.29, 1.82) is 0 Å². The van der Waals surface area contributed by atoms with E-state index in [1.54, 1.807) is 0 Å². The van der Waals surface area contributed by atoms with Crippen LogP contribution in [0.25, 0.3) is 0 Å². The van der Waals surface area contributed by atoms with E-state index in [2.05, 4.69) is 5.16 Å². The van der Waals surface area contributed by atoms with Gasteiger partial charge in [0, 0.05) is 0 Å². The summed E-state index contributed by atoms with van der Waals surface area (Å²) in [5, 5.41) is 39.4. The van der Waals surface area contributed by atoms with E-state index in [1.165, 1.54) is 0 Å². The zero-order valence-corrected chi connectivity index (χ0v) is 10.8. The lowest BCUT2D eigenvalue weighted by atomic mass is 9.99. The van der Waals surface area contributed by atoms with Gasteiger partial charge in [-0.2, -0.15) is 0 Å². The molecule has 18 heavy (non-hydrogen) atoms. The van der Waals surface area contributed by atoms with Crippen molar-refractivity contribution in [1.82, 2.24) is 0 Å². The van der Waals surface area contributed by atoms with Gasteiger partial charge in [-0.1, -0.05) is 25.9 Å². The number of hydrogen-bond donors (Lipinski definition) is 4. The second-order valence-corrected chi connectivity index (χ2v) is 5.26. The van der Waals surface area contributed by atoms with Crippen LogP contribution in [-0.4, -0.2) is 64.3 Å². The van der Waals surface area contributed by atoms with Crippen LogP contribution >= 0.6 is 0 Å². The fraction of sp³-hybridized carbons (Fsp3) is 0.909. The molecule has 4 unspecified atom stereocenters. The molecule has 4 N–H and O–H groups in total. The van der Waals surface area contributed by atoms with Crippen LogP contribution < -0.4 is 0 Å². The van der Waals surface area contributed by atoms with Gasteiger partial charge in [-0.3, -0.25) is 0 Å². The second-order valence-electron chi connectivity index (χ2n) is 5.26. The summed E-state index contributed by atoms with van der Waals surface area (Å²) < 4.78 is 13.3. The van der Waals surface area contributed by atoms with Crippen molar-refractivity contribution < 1.29 is 29.7 Å². The summed E-state index contributed by atoms with van der Waals surface area (Å²) in [6, 6.07) is 0. The predicted octanol–water partition coefficient (Wildman–Crippen LogP) is -0.552. The third kappa shape index (κ3) is 6.85. The zero-order chi connectivity index (χ0) is 14.3. The smallest absolute Gasteiger partial charge is 0.167 e. The average Bonchev–Trinajstić information content (AvgIpc) is 2.30. The van der Waals surface area contributed by atoms with E-state index in [0.717, 1.165) is 0 Å². The van der Waals surface area contributed by atoms with Gasteiger partial charge in [0.05, 0.1) is 12.8 Å². The first-order valence-electron chi connectivity index (χ1n) is 5.63. The van der Waals surface area contributed by atoms with Crippen LogP contribution in [0, 0.1) is 5.41 Å². The summed E-state index contributed by atoms with van der Waals surface area (Å²) in [5.41, 5.74) is -0.131. The monoisotopic (exact) mass is 266 g/mol. The van der Waals surface area contributed by atoms with Gasteiger partial charge in [-0.25, -0.2) is 4.39 Å². The molecule has 6 nitrogen and oxygen atoms in total. The Morgan fingerprint density at radius 3 is 2.22 bits per heavy atom. The number of alkyl halides is 1. The summed E-state index contributed by atoms with van der Waals surface area (Å²) in [6.45, 7) is 5.22. The number of halogens is 1. The Hall–Kier alpha value is -0.760. The Balaban J connectivity index is 4.15. The summed E-state index contributed by atoms with van der Waals surface area (Å²) in [5.74, 6) is 0. The number of hydrogen-bond acceptors (Lipinski definition) is 6. The summed E-state index contributed by atoms with van der Waals surface area (Å²) in [6.07, 6.45) is -6.58. The van der Waals surface area contributed by atoms with Crippen LogP contribution in [0.1, 0.15) is 20.8 Å². The lowest BCUT2D eigenvalue weighted by Crippen LogP contribution is -2.44. The molecule has 0 heterocycles. The second kappa shape index (κ2) is 7.63. The molecule has 0 rings (SSSR count). The highest BCUT2D eigenvalue weighted by Gasteiger charge is 2.30. The van der Waals surface area contributed by atoms with E-state index in [1.807, 2.05) is 20.8 Å². The van der Waals surface area contributed by atoms with Gasteiger partial charge in [0.15, 0.2) is 6.17 Å². The molecular weight excluding hydrogens is 244 g/mol. The summed E-state index contributed by atoms with van der Waals surface area (Å²) in [4.78, 5) is 4.81. The Morgan fingerprint density at radius 1 is 1.22 bits per heavy atom. The zero-order valence-electron chi connectivity index (χ0n) is 10.8. The quantitative estimate of drug-likeness (QED) is 0.366. The molecule has 0 aliphatic rings. The first-order valence-corrected chi connectivity index (χ1v) is 5.63. The highest BCUT2D eigenvalue weighted by molar-refractivity contribution is 5.63. The van der Waals surface area contributed by atoms with Gasteiger partial charge in [0.25, 0.3) is 0 Å². The van der Waals surface area contributed by atoms with E-state index in [4.69, 9.17) is 15.1 Å². The standard InChI is InChI=1S/C11H22FNO5/c1-11(2,3)6-18-13-4-7(12)9(16)10(17)8(15)5-14/h4,7-10,14-17H,5-6H2,1-3H3/b13-4+/i12-1. The van der Waals surface area contributed by atoms with Crippen molar-refractivity contribution in [3.05, 3.63) is 0 Å². The van der Waals surface area contributed by atoms with E-state index in [9.17, 15) is 14.6 Å². The van der Waals surface area contributed by atoms with Gasteiger partial charge >= 0.3 is 0 Å². The molecule has 0 amide bonds. The van der Waals surface area contributed by atoms with Gasteiger partial charge in [0.1, 0.15) is 24.9 Å². The van der Waals surface area contributed by atoms with E-state index >= 15 is 0 Å². The predicted molar refractivity (Wildman–Crippen MR) is 63.9 cm³/mol. The molecule has 0 aromatic rings. The van der Waals surface area contributed by atoms with Crippen molar-refractivity contribution in [2.75, 3.05) is 13.2 Å². The minimum Gasteiger partial charge on any atom is -0.395 e. The van der Waals surface area contributed by atoms with E-state index in [0.29, 0.717) is 6.21 Å². The number of aliphatic hydroxyl groups is 4. The van der Waals surface area contributed by atoms with Crippen LogP contribution in [0.15, 0.2) is 5.16 Å². The topological polar surface area (TPSA) is 103 Å². The normalized spacial score (nSPS) is 19.6. The summed E-state index contributed by atoms with van der Waals surface area (Å²) >= 11 is 0. The van der Waals surface area contributed by atoms with Crippen molar-refractivity contribution >= 4 is 6.21 Å². The number of aliphatic hydroxyl groups excluding tert-OH is 4. The van der Waals surface area contributed by atoms with Crippen LogP contribution in [0.2, 0.25) is 0 Å². The minimum atomic E-state index is -2.00. The highest BCUT2D eigenvalue weighted by Crippen LogP contribution is 2.13. The fourth-order valence-electron chi connectivity index (χ4n) is 0.944. The SMILES string of the molecule is CC(C)(C)CO/N=C/C([18F])C(O)C(O)C(O)CO. The Kier molecular flexibility index (Phi) is 7.30. The van der Waals surface area contributed by atoms with Crippen molar-refractivity contribution in [2.24, 2.45) is 10.6 Å². The van der Waals surface area contributed by atoms with Crippen LogP contribution in [0.4, 0.5) is 4.39 Å². The maximum absolute atomic E-state index is 13.3. The molecule has 7 heteroatoms. The maximum Gasteiger partial charge on any atom is 0.167 e. The minimum absolute atomic E-state index is 0.131. The molecule has 0 saturated carbocycles. The molecule has 0 bridgehead atoms. The molecule has 0 spiro atoms. The lowest BCUT2D eigenvalue weighted by molar-refractivity contribution is -0.0892. The van der Waals surface area contributed by atoms with Crippen LogP contribution in [0.5, 0.6) is 0 Å². The molecular formula is C11H22FNO5. The Labute approximate surface area is 106 Å². The van der Waals surface area contributed by atoms with Crippen LogP contribution in [0.3, 0.4) is 0 Å². The molecule has 108 valence electrons. The highest BCUT2D eigenvalue weighted by atomic mass is 18.2. The maximum atomic E-state index is 13.3. The largest absolute Gasteiger partial charge is 0.395 e. The average molecular weight is 266 g/mol. The molecule has 0 aliphatic heterocycles. The summed E-state index contributed by atoms with van der Waals surface area (Å²) in [7, 11) is 0. The Bertz CT molecular complexity index is 256. The lowest BCUT2D eigenvalue weighted by Gasteiger charge is -2.22. The van der Waals surface area contributed by atoms with Gasteiger partial charge < -0.3 is 25.3 Å². The molecule has 4 atom stereocenters. The first-order chi connectivity index (χ1) is 8.19. The number of rotatable bonds is 7. The van der Waals surface area contributed by atoms with Gasteiger partial charge in [-0.05, 0) is 5.41 Å². The third-order valence-electron chi connectivity index (χ3n) is 2.03. The molecule has 0 aliphatic carbocycles. The van der Waals surface area contributed by atoms with Gasteiger partial charge in [0.2, 0.25) is 0 Å². The molecule has 0 radical (unpaired) electrons. The molecule has 0 aromatic carbocycles. The molecule has 0 aromatic heterocycles. The third-order valence-corrected chi connectivity index (χ3v) is 2.03. The number of nitrogens with zero attached hydrogens (tertiary/aromatic N) is 1.